The van der Waals surface area contributed by atoms with Crippen molar-refractivity contribution in [1.82, 2.24) is 21.3 Å². The van der Waals surface area contributed by atoms with Crippen molar-refractivity contribution in [3.63, 3.8) is 0 Å². The molecule has 0 saturated carbocycles. The van der Waals surface area contributed by atoms with E-state index in [1.807, 2.05) is 0 Å². The molecule has 0 aromatic heterocycles. The first-order valence-corrected chi connectivity index (χ1v) is 13.1. The zero-order chi connectivity index (χ0) is 32.9. The number of benzene rings is 1. The van der Waals surface area contributed by atoms with Crippen LogP contribution in [0.3, 0.4) is 0 Å². The Morgan fingerprint density at radius 1 is 0.837 bits per heavy atom. The van der Waals surface area contributed by atoms with E-state index in [-0.39, 0.29) is 6.42 Å². The molecule has 1 aromatic carbocycles. The molecule has 0 heterocycles. The van der Waals surface area contributed by atoms with Crippen LogP contribution in [0.1, 0.15) is 38.7 Å². The average Bonchev–Trinajstić information content (AvgIpc) is 2.92. The molecule has 0 aliphatic heterocycles. The summed E-state index contributed by atoms with van der Waals surface area (Å²) in [6.45, 7) is 2.36. The minimum atomic E-state index is -1.63. The van der Waals surface area contributed by atoms with Crippen LogP contribution in [0.5, 0.6) is 5.75 Å². The molecule has 0 radical (unpaired) electrons. The molecule has 0 saturated heterocycles. The van der Waals surface area contributed by atoms with Crippen LogP contribution in [0.4, 0.5) is 0 Å². The number of carboxylic acids is 2. The Bertz CT molecular complexity index is 1170. The van der Waals surface area contributed by atoms with Crippen LogP contribution in [0.25, 0.3) is 0 Å². The fraction of sp³-hybridized carbons (Fsp3) is 0.500. The first-order valence-electron chi connectivity index (χ1n) is 13.1. The predicted molar refractivity (Wildman–Crippen MR) is 148 cm³/mol. The number of nitrogens with one attached hydrogen (secondary N) is 4. The number of carboxylic acid groups (broad SMARTS) is 2. The Morgan fingerprint density at radius 3 is 1.88 bits per heavy atom. The van der Waals surface area contributed by atoms with E-state index in [1.165, 1.54) is 21.0 Å². The van der Waals surface area contributed by atoms with Crippen LogP contribution >= 0.6 is 0 Å². The van der Waals surface area contributed by atoms with Crippen LogP contribution in [0.15, 0.2) is 24.3 Å². The Hall–Kier alpha value is -4.77. The summed E-state index contributed by atoms with van der Waals surface area (Å²) in [6.07, 6.45) is -3.20. The van der Waals surface area contributed by atoms with Gasteiger partial charge in [-0.25, -0.2) is 0 Å². The summed E-state index contributed by atoms with van der Waals surface area (Å²) in [5, 5.41) is 37.4. The van der Waals surface area contributed by atoms with Crippen molar-refractivity contribution >= 4 is 41.5 Å². The predicted octanol–water partition coefficient (Wildman–Crippen LogP) is -3.27. The van der Waals surface area contributed by atoms with Gasteiger partial charge in [0.25, 0.3) is 0 Å². The van der Waals surface area contributed by atoms with E-state index in [0.29, 0.717) is 11.3 Å². The standard InChI is InChI=1S/C26H38N6O11/c1-12(26(41)42)29-25(40)21(13(2)33)32-24(39)18(10-14-4-6-15(43-3)7-5-14)31-23(38)17(8-9-20(35)36)30-22(37)16(27)11-19(28)34/h4-7,12-13,16-18,21,33H,8-11,27H2,1-3H3,(H2,28,34)(H,29,40)(H,30,37)(H,31,38)(H,32,39)(H,35,36)(H,41,42)/t12-,13+,16-,17-,18-,21-/m0/s1. The molecule has 17 heteroatoms. The van der Waals surface area contributed by atoms with E-state index >= 15 is 0 Å². The van der Waals surface area contributed by atoms with Crippen LogP contribution in [-0.2, 0) is 40.0 Å². The van der Waals surface area contributed by atoms with E-state index in [0.717, 1.165) is 0 Å². The Kier molecular flexibility index (Phi) is 14.5. The van der Waals surface area contributed by atoms with Crippen molar-refractivity contribution in [2.24, 2.45) is 11.5 Å². The van der Waals surface area contributed by atoms with Crippen LogP contribution in [0.2, 0.25) is 0 Å². The molecule has 1 aromatic rings. The molecule has 0 bridgehead atoms. The maximum absolute atomic E-state index is 13.4. The highest BCUT2D eigenvalue weighted by molar-refractivity contribution is 5.96. The second-order valence-electron chi connectivity index (χ2n) is 9.68. The molecule has 0 aliphatic rings. The lowest BCUT2D eigenvalue weighted by atomic mass is 10.0. The zero-order valence-corrected chi connectivity index (χ0v) is 23.9. The average molecular weight is 611 g/mol. The number of carbonyl (C=O) groups is 7. The smallest absolute Gasteiger partial charge is 0.325 e. The van der Waals surface area contributed by atoms with Gasteiger partial charge in [0.15, 0.2) is 0 Å². The van der Waals surface area contributed by atoms with Gasteiger partial charge in [-0.05, 0) is 38.0 Å². The lowest BCUT2D eigenvalue weighted by Gasteiger charge is -2.27. The van der Waals surface area contributed by atoms with Crippen molar-refractivity contribution in [3.8, 4) is 5.75 Å². The fourth-order valence-corrected chi connectivity index (χ4v) is 3.63. The van der Waals surface area contributed by atoms with E-state index in [9.17, 15) is 38.7 Å². The number of hydrogen-bond donors (Lipinski definition) is 9. The van der Waals surface area contributed by atoms with Crippen molar-refractivity contribution in [3.05, 3.63) is 29.8 Å². The number of primary amides is 1. The lowest BCUT2D eigenvalue weighted by Crippen LogP contribution is -2.60. The number of aliphatic carboxylic acids is 2. The van der Waals surface area contributed by atoms with Gasteiger partial charge in [0, 0.05) is 12.8 Å². The second kappa shape index (κ2) is 17.2. The summed E-state index contributed by atoms with van der Waals surface area (Å²) >= 11 is 0. The van der Waals surface area contributed by atoms with Crippen molar-refractivity contribution in [2.75, 3.05) is 7.11 Å². The molecule has 238 valence electrons. The third kappa shape index (κ3) is 12.7. The Morgan fingerprint density at radius 2 is 1.40 bits per heavy atom. The van der Waals surface area contributed by atoms with Crippen molar-refractivity contribution in [2.45, 2.75) is 75.8 Å². The quantitative estimate of drug-likeness (QED) is 0.0791. The summed E-state index contributed by atoms with van der Waals surface area (Å²) in [5.41, 5.74) is 11.2. The number of ether oxygens (including phenoxy) is 1. The summed E-state index contributed by atoms with van der Waals surface area (Å²) in [6, 6.07) is -1.02. The molecule has 11 N–H and O–H groups in total. The number of carbonyl (C=O) groups excluding carboxylic acids is 5. The number of amides is 5. The third-order valence-corrected chi connectivity index (χ3v) is 6.06. The first kappa shape index (κ1) is 36.3. The molecule has 5 amide bonds. The Balaban J connectivity index is 3.30. The number of hydrogen-bond acceptors (Lipinski definition) is 10. The van der Waals surface area contributed by atoms with E-state index < -0.39 is 97.1 Å². The minimum absolute atomic E-state index is 0.179. The minimum Gasteiger partial charge on any atom is -0.497 e. The number of methoxy groups -OCH3 is 1. The van der Waals surface area contributed by atoms with E-state index in [1.54, 1.807) is 24.3 Å². The van der Waals surface area contributed by atoms with Gasteiger partial charge in [0.1, 0.15) is 29.9 Å². The van der Waals surface area contributed by atoms with Gasteiger partial charge in [-0.1, -0.05) is 12.1 Å². The number of aliphatic hydroxyl groups is 1. The molecular weight excluding hydrogens is 572 g/mol. The molecule has 0 unspecified atom stereocenters. The third-order valence-electron chi connectivity index (χ3n) is 6.06. The van der Waals surface area contributed by atoms with Gasteiger partial charge in [-0.2, -0.15) is 0 Å². The van der Waals surface area contributed by atoms with E-state index in [2.05, 4.69) is 21.3 Å². The topological polar surface area (TPSA) is 290 Å². The highest BCUT2D eigenvalue weighted by Gasteiger charge is 2.33. The molecule has 0 fully saturated rings. The zero-order valence-electron chi connectivity index (χ0n) is 23.9. The number of nitrogens with two attached hydrogens (primary N) is 2. The number of rotatable bonds is 18. The molecule has 0 aliphatic carbocycles. The summed E-state index contributed by atoms with van der Waals surface area (Å²) in [7, 11) is 1.44. The molecular formula is C26H38N6O11. The summed E-state index contributed by atoms with van der Waals surface area (Å²) in [4.78, 5) is 85.2. The Labute approximate surface area is 246 Å². The maximum Gasteiger partial charge on any atom is 0.325 e. The maximum atomic E-state index is 13.4. The van der Waals surface area contributed by atoms with Gasteiger partial charge in [0.05, 0.1) is 25.7 Å². The van der Waals surface area contributed by atoms with Crippen LogP contribution in [0, 0.1) is 0 Å². The summed E-state index contributed by atoms with van der Waals surface area (Å²) in [5.74, 6) is -6.99. The summed E-state index contributed by atoms with van der Waals surface area (Å²) < 4.78 is 5.11. The van der Waals surface area contributed by atoms with Gasteiger partial charge < -0.3 is 52.8 Å². The SMILES string of the molecule is COc1ccc(C[C@H](NC(=O)[C@H](CCC(=O)O)NC(=O)[C@@H](N)CC(N)=O)C(=O)N[C@H](C(=O)N[C@@H](C)C(=O)O)[C@@H](C)O)cc1. The largest absolute Gasteiger partial charge is 0.497 e. The highest BCUT2D eigenvalue weighted by Crippen LogP contribution is 2.13. The van der Waals surface area contributed by atoms with Gasteiger partial charge in [-0.3, -0.25) is 33.6 Å². The molecule has 0 spiro atoms. The number of aliphatic hydroxyl groups excluding tert-OH is 1. The first-order chi connectivity index (χ1) is 20.0. The van der Waals surface area contributed by atoms with Gasteiger partial charge >= 0.3 is 11.9 Å². The monoisotopic (exact) mass is 610 g/mol. The normalized spacial score (nSPS) is 14.9. The van der Waals surface area contributed by atoms with Crippen molar-refractivity contribution < 1.29 is 53.6 Å². The lowest BCUT2D eigenvalue weighted by molar-refractivity contribution is -0.142. The molecule has 6 atom stereocenters. The highest BCUT2D eigenvalue weighted by atomic mass is 16.5. The van der Waals surface area contributed by atoms with Gasteiger partial charge in [0.2, 0.25) is 29.5 Å². The molecule has 43 heavy (non-hydrogen) atoms. The second-order valence-corrected chi connectivity index (χ2v) is 9.68. The molecule has 17 nitrogen and oxygen atoms in total. The molecule has 1 rings (SSSR count). The fourth-order valence-electron chi connectivity index (χ4n) is 3.63. The van der Waals surface area contributed by atoms with Gasteiger partial charge in [-0.15, -0.1) is 0 Å². The van der Waals surface area contributed by atoms with Crippen molar-refractivity contribution in [1.29, 1.82) is 0 Å². The van der Waals surface area contributed by atoms with E-state index in [4.69, 9.17) is 26.4 Å². The van der Waals surface area contributed by atoms with Crippen LogP contribution < -0.4 is 37.5 Å². The van der Waals surface area contributed by atoms with Crippen LogP contribution in [-0.4, -0.2) is 100 Å².